The quantitative estimate of drug-likeness (QED) is 0.309. The number of pyridine rings is 1. The maximum absolute atomic E-state index is 12.8. The summed E-state index contributed by atoms with van der Waals surface area (Å²) >= 11 is 0. The molecule has 0 aliphatic heterocycles. The summed E-state index contributed by atoms with van der Waals surface area (Å²) in [4.78, 5) is 20.6. The van der Waals surface area contributed by atoms with Crippen LogP contribution in [0.2, 0.25) is 0 Å². The van der Waals surface area contributed by atoms with Crippen LogP contribution in [0.3, 0.4) is 0 Å². The number of aliphatic hydroxyl groups excluding tert-OH is 1. The fraction of sp³-hybridized carbons (Fsp3) is 0.154. The monoisotopic (exact) mass is 424 g/mol. The lowest BCUT2D eigenvalue weighted by Crippen LogP contribution is -2.11. The number of hydrogen-bond acceptors (Lipinski definition) is 5. The first kappa shape index (κ1) is 20.0. The number of hydrogen-bond donors (Lipinski definition) is 4. The number of benzene rings is 2. The molecule has 2 aromatic carbocycles. The number of carbonyl (C=O) groups is 1. The molecule has 5 rings (SSSR count). The van der Waals surface area contributed by atoms with Crippen LogP contribution in [0.5, 0.6) is 0 Å². The molecule has 1 atom stereocenters. The van der Waals surface area contributed by atoms with Crippen molar-refractivity contribution in [2.24, 2.45) is 0 Å². The van der Waals surface area contributed by atoms with Crippen LogP contribution in [-0.4, -0.2) is 20.9 Å². The van der Waals surface area contributed by atoms with Crippen molar-refractivity contribution in [1.82, 2.24) is 9.97 Å². The van der Waals surface area contributed by atoms with Gasteiger partial charge in [-0.25, -0.2) is 4.98 Å². The van der Waals surface area contributed by atoms with Gasteiger partial charge in [0.25, 0.3) is 0 Å². The van der Waals surface area contributed by atoms with Crippen molar-refractivity contribution in [1.29, 1.82) is 0 Å². The second-order valence-corrected chi connectivity index (χ2v) is 7.88. The van der Waals surface area contributed by atoms with E-state index in [9.17, 15) is 9.90 Å². The molecule has 160 valence electrons. The Morgan fingerprint density at radius 1 is 0.969 bits per heavy atom. The van der Waals surface area contributed by atoms with Crippen molar-refractivity contribution in [3.8, 4) is 11.3 Å². The van der Waals surface area contributed by atoms with Crippen LogP contribution >= 0.6 is 0 Å². The first-order valence-electron chi connectivity index (χ1n) is 10.7. The first-order valence-corrected chi connectivity index (χ1v) is 10.7. The van der Waals surface area contributed by atoms with Gasteiger partial charge in [0.05, 0.1) is 16.9 Å². The molecular weight excluding hydrogens is 400 g/mol. The number of nitrogens with one attached hydrogen (secondary N) is 3. The van der Waals surface area contributed by atoms with Gasteiger partial charge in [0, 0.05) is 35.1 Å². The van der Waals surface area contributed by atoms with Gasteiger partial charge in [-0.2, -0.15) is 0 Å². The molecule has 0 fully saturated rings. The van der Waals surface area contributed by atoms with E-state index in [1.165, 1.54) is 0 Å². The van der Waals surface area contributed by atoms with Gasteiger partial charge in [0.1, 0.15) is 5.82 Å². The van der Waals surface area contributed by atoms with Crippen LogP contribution in [0.4, 0.5) is 17.2 Å². The number of carbonyl (C=O) groups excluding carboxylic acids is 1. The zero-order valence-electron chi connectivity index (χ0n) is 17.5. The topological polar surface area (TPSA) is 90.0 Å². The van der Waals surface area contributed by atoms with Crippen molar-refractivity contribution in [3.63, 3.8) is 0 Å². The summed E-state index contributed by atoms with van der Waals surface area (Å²) in [7, 11) is 0. The average molecular weight is 425 g/mol. The molecular formula is C26H24N4O2. The van der Waals surface area contributed by atoms with Gasteiger partial charge in [-0.15, -0.1) is 0 Å². The molecule has 0 radical (unpaired) electrons. The molecule has 0 spiro atoms. The summed E-state index contributed by atoms with van der Waals surface area (Å²) in [6, 6.07) is 23.0. The standard InChI is InChI=1S/C26H24N4O2/c31-21-13-7-12-20-23(21)25(28-19-10-5-2-6-11-19)24(29-20)18-14-15-27-22(16-18)30-26(32)17-8-3-1-4-9-17/h1-6,8-11,14-16,26,28-29,32H,7,12-13H2,(H,27,30). The normalized spacial score (nSPS) is 14.0. The van der Waals surface area contributed by atoms with Crippen LogP contribution in [0.1, 0.15) is 40.7 Å². The highest BCUT2D eigenvalue weighted by Gasteiger charge is 2.27. The molecule has 2 heterocycles. The van der Waals surface area contributed by atoms with E-state index in [0.29, 0.717) is 12.2 Å². The van der Waals surface area contributed by atoms with Gasteiger partial charge in [-0.05, 0) is 37.1 Å². The number of Topliss-reactive ketones (excluding diaryl/α,β-unsaturated/α-hetero) is 1. The number of anilines is 3. The minimum absolute atomic E-state index is 0.152. The van der Waals surface area contributed by atoms with Crippen molar-refractivity contribution >= 4 is 23.0 Å². The van der Waals surface area contributed by atoms with Crippen LogP contribution in [0.15, 0.2) is 79.0 Å². The SMILES string of the molecule is O=C1CCCc2[nH]c(-c3ccnc(NC(O)c4ccccc4)c3)c(Nc3ccccc3)c21. The third-order valence-corrected chi connectivity index (χ3v) is 5.68. The highest BCUT2D eigenvalue weighted by Crippen LogP contribution is 2.39. The summed E-state index contributed by atoms with van der Waals surface area (Å²) in [5.74, 6) is 0.697. The first-order chi connectivity index (χ1) is 15.7. The predicted molar refractivity (Wildman–Crippen MR) is 126 cm³/mol. The summed E-state index contributed by atoms with van der Waals surface area (Å²) in [5.41, 5.74) is 5.89. The third-order valence-electron chi connectivity index (χ3n) is 5.68. The zero-order valence-corrected chi connectivity index (χ0v) is 17.5. The molecule has 6 nitrogen and oxygen atoms in total. The lowest BCUT2D eigenvalue weighted by atomic mass is 9.95. The Labute approximate surface area is 186 Å². The zero-order chi connectivity index (χ0) is 21.9. The third kappa shape index (κ3) is 4.00. The Balaban J connectivity index is 1.52. The van der Waals surface area contributed by atoms with E-state index in [1.54, 1.807) is 6.20 Å². The molecule has 2 aromatic heterocycles. The second kappa shape index (κ2) is 8.69. The van der Waals surface area contributed by atoms with E-state index in [2.05, 4.69) is 20.6 Å². The van der Waals surface area contributed by atoms with Crippen LogP contribution in [0, 0.1) is 0 Å². The van der Waals surface area contributed by atoms with Crippen molar-refractivity contribution in [2.45, 2.75) is 25.5 Å². The molecule has 1 aliphatic rings. The minimum Gasteiger partial charge on any atom is -0.369 e. The summed E-state index contributed by atoms with van der Waals surface area (Å²) in [5, 5.41) is 17.0. The number of fused-ring (bicyclic) bond motifs is 1. The number of para-hydroxylation sites is 1. The highest BCUT2D eigenvalue weighted by molar-refractivity contribution is 6.07. The van der Waals surface area contributed by atoms with Crippen molar-refractivity contribution in [3.05, 3.63) is 95.8 Å². The van der Waals surface area contributed by atoms with E-state index in [1.807, 2.05) is 72.8 Å². The fourth-order valence-electron chi connectivity index (χ4n) is 4.13. The number of ketones is 1. The Kier molecular flexibility index (Phi) is 5.44. The minimum atomic E-state index is -0.876. The number of aromatic amines is 1. The Morgan fingerprint density at radius 2 is 1.72 bits per heavy atom. The fourth-order valence-corrected chi connectivity index (χ4v) is 4.13. The Morgan fingerprint density at radius 3 is 2.50 bits per heavy atom. The summed E-state index contributed by atoms with van der Waals surface area (Å²) in [6.45, 7) is 0. The number of aryl methyl sites for hydroxylation is 1. The molecule has 0 amide bonds. The Bertz CT molecular complexity index is 1240. The molecule has 6 heteroatoms. The number of nitrogens with zero attached hydrogens (tertiary/aromatic N) is 1. The maximum Gasteiger partial charge on any atom is 0.166 e. The number of aromatic nitrogens is 2. The number of H-pyrrole nitrogens is 1. The Hall–Kier alpha value is -3.90. The number of aliphatic hydroxyl groups is 1. The summed E-state index contributed by atoms with van der Waals surface area (Å²) in [6.07, 6.45) is 3.07. The van der Waals surface area contributed by atoms with Crippen LogP contribution < -0.4 is 10.6 Å². The van der Waals surface area contributed by atoms with Gasteiger partial charge in [-0.1, -0.05) is 48.5 Å². The van der Waals surface area contributed by atoms with Crippen molar-refractivity contribution in [2.75, 3.05) is 10.6 Å². The van der Waals surface area contributed by atoms with E-state index < -0.39 is 6.23 Å². The van der Waals surface area contributed by atoms with Gasteiger partial charge in [-0.3, -0.25) is 4.79 Å². The van der Waals surface area contributed by atoms with E-state index >= 15 is 0 Å². The molecule has 32 heavy (non-hydrogen) atoms. The van der Waals surface area contributed by atoms with Crippen molar-refractivity contribution < 1.29 is 9.90 Å². The molecule has 1 unspecified atom stereocenters. The summed E-state index contributed by atoms with van der Waals surface area (Å²) < 4.78 is 0. The lowest BCUT2D eigenvalue weighted by molar-refractivity contribution is 0.0973. The maximum atomic E-state index is 12.8. The van der Waals surface area contributed by atoms with E-state index in [-0.39, 0.29) is 5.78 Å². The molecule has 0 bridgehead atoms. The second-order valence-electron chi connectivity index (χ2n) is 7.88. The predicted octanol–water partition coefficient (Wildman–Crippen LogP) is 5.44. The van der Waals surface area contributed by atoms with Gasteiger partial charge >= 0.3 is 0 Å². The lowest BCUT2D eigenvalue weighted by Gasteiger charge is -2.15. The molecule has 1 aliphatic carbocycles. The number of rotatable bonds is 6. The van der Waals surface area contributed by atoms with E-state index in [4.69, 9.17) is 0 Å². The van der Waals surface area contributed by atoms with E-state index in [0.717, 1.165) is 52.3 Å². The average Bonchev–Trinajstić information content (AvgIpc) is 3.20. The smallest absolute Gasteiger partial charge is 0.166 e. The molecule has 4 N–H and O–H groups in total. The van der Waals surface area contributed by atoms with Gasteiger partial charge in [0.15, 0.2) is 12.0 Å². The van der Waals surface area contributed by atoms with Crippen LogP contribution in [-0.2, 0) is 6.42 Å². The largest absolute Gasteiger partial charge is 0.369 e. The molecule has 4 aromatic rings. The van der Waals surface area contributed by atoms with Gasteiger partial charge in [0.2, 0.25) is 0 Å². The highest BCUT2D eigenvalue weighted by atomic mass is 16.3. The molecule has 0 saturated carbocycles. The molecule has 0 saturated heterocycles. The van der Waals surface area contributed by atoms with Crippen LogP contribution in [0.25, 0.3) is 11.3 Å². The van der Waals surface area contributed by atoms with Gasteiger partial charge < -0.3 is 20.7 Å².